The molecule has 0 saturated carbocycles. The summed E-state index contributed by atoms with van der Waals surface area (Å²) in [4.78, 5) is 35.7. The first kappa shape index (κ1) is 30.9. The number of methoxy groups -OCH3 is 1. The van der Waals surface area contributed by atoms with E-state index in [1.54, 1.807) is 22.7 Å². The van der Waals surface area contributed by atoms with Crippen LogP contribution in [-0.4, -0.2) is 53.4 Å². The lowest BCUT2D eigenvalue weighted by Gasteiger charge is -2.21. The molecule has 2 aliphatic heterocycles. The van der Waals surface area contributed by atoms with E-state index in [2.05, 4.69) is 26.8 Å². The molecular formula is C24H30ClN3O6S3. The Morgan fingerprint density at radius 1 is 0.973 bits per heavy atom. The zero-order valence-electron chi connectivity index (χ0n) is 20.0. The number of nitrogens with one attached hydrogen (secondary N) is 2. The van der Waals surface area contributed by atoms with E-state index >= 15 is 0 Å². The molecule has 0 aromatic carbocycles. The van der Waals surface area contributed by atoms with Crippen molar-refractivity contribution in [2.45, 2.75) is 50.5 Å². The molecule has 13 heteroatoms. The molecule has 5 heterocycles. The van der Waals surface area contributed by atoms with Crippen molar-refractivity contribution in [3.63, 3.8) is 0 Å². The SMILES string of the molecule is COC(=O)[C@@H]1Cc2sccc2CN1.Cl.NC(Cc1cccs1)C(=O)O.O=C(O)[C@@H]1Cc2sccc2CN1. The summed E-state index contributed by atoms with van der Waals surface area (Å²) in [6, 6.07) is 6.59. The summed E-state index contributed by atoms with van der Waals surface area (Å²) in [5.74, 6) is -1.87. The van der Waals surface area contributed by atoms with E-state index in [0.29, 0.717) is 19.4 Å². The number of carbonyl (C=O) groups excluding carboxylic acids is 1. The molecule has 0 fully saturated rings. The number of rotatable bonds is 5. The van der Waals surface area contributed by atoms with E-state index in [9.17, 15) is 14.4 Å². The van der Waals surface area contributed by atoms with Crippen LogP contribution in [0.2, 0.25) is 0 Å². The Morgan fingerprint density at radius 2 is 1.54 bits per heavy atom. The summed E-state index contributed by atoms with van der Waals surface area (Å²) in [7, 11) is 1.42. The van der Waals surface area contributed by atoms with E-state index < -0.39 is 24.0 Å². The lowest BCUT2D eigenvalue weighted by Crippen LogP contribution is -2.41. The van der Waals surface area contributed by atoms with Gasteiger partial charge in [-0.25, -0.2) is 0 Å². The molecule has 3 aromatic heterocycles. The fourth-order valence-electron chi connectivity index (χ4n) is 3.61. The van der Waals surface area contributed by atoms with Gasteiger partial charge in [0.2, 0.25) is 0 Å². The van der Waals surface area contributed by atoms with Crippen LogP contribution in [0.3, 0.4) is 0 Å². The number of fused-ring (bicyclic) bond motifs is 2. The molecule has 0 spiro atoms. The van der Waals surface area contributed by atoms with Gasteiger partial charge in [-0.1, -0.05) is 6.07 Å². The zero-order chi connectivity index (χ0) is 26.1. The van der Waals surface area contributed by atoms with Crippen molar-refractivity contribution >= 4 is 64.3 Å². The third kappa shape index (κ3) is 9.18. The molecule has 0 amide bonds. The van der Waals surface area contributed by atoms with Gasteiger partial charge in [-0.15, -0.1) is 46.4 Å². The predicted molar refractivity (Wildman–Crippen MR) is 148 cm³/mol. The smallest absolute Gasteiger partial charge is 0.323 e. The van der Waals surface area contributed by atoms with E-state index in [1.807, 2.05) is 29.0 Å². The van der Waals surface area contributed by atoms with Crippen LogP contribution in [0.1, 0.15) is 25.8 Å². The van der Waals surface area contributed by atoms with Crippen LogP contribution in [0.25, 0.3) is 0 Å². The fraction of sp³-hybridized carbons (Fsp3) is 0.375. The lowest BCUT2D eigenvalue weighted by molar-refractivity contribution is -0.143. The normalized spacial score (nSPS) is 18.2. The summed E-state index contributed by atoms with van der Waals surface area (Å²) < 4.78 is 4.68. The maximum absolute atomic E-state index is 11.2. The van der Waals surface area contributed by atoms with Gasteiger partial charge in [-0.05, 0) is 45.5 Å². The average molecular weight is 588 g/mol. The molecule has 3 aromatic rings. The molecule has 5 rings (SSSR count). The minimum Gasteiger partial charge on any atom is -0.480 e. The van der Waals surface area contributed by atoms with Gasteiger partial charge in [0, 0.05) is 47.0 Å². The lowest BCUT2D eigenvalue weighted by atomic mass is 10.1. The van der Waals surface area contributed by atoms with E-state index in [-0.39, 0.29) is 24.4 Å². The van der Waals surface area contributed by atoms with Gasteiger partial charge in [-0.3, -0.25) is 25.0 Å². The summed E-state index contributed by atoms with van der Waals surface area (Å²) in [5, 5.41) is 29.3. The number of halogens is 1. The summed E-state index contributed by atoms with van der Waals surface area (Å²) >= 11 is 4.88. The van der Waals surface area contributed by atoms with Gasteiger partial charge in [0.05, 0.1) is 7.11 Å². The maximum Gasteiger partial charge on any atom is 0.323 e. The molecule has 0 aliphatic carbocycles. The average Bonchev–Trinajstić information content (AvgIpc) is 3.65. The van der Waals surface area contributed by atoms with Crippen molar-refractivity contribution in [3.8, 4) is 0 Å². The number of aliphatic carboxylic acids is 2. The molecule has 0 radical (unpaired) electrons. The quantitative estimate of drug-likeness (QED) is 0.284. The number of carboxylic acids is 2. The molecular weight excluding hydrogens is 558 g/mol. The number of nitrogens with two attached hydrogens (primary N) is 1. The van der Waals surface area contributed by atoms with Crippen molar-refractivity contribution in [2.24, 2.45) is 5.73 Å². The Hall–Kier alpha value is -2.32. The molecule has 0 saturated heterocycles. The van der Waals surface area contributed by atoms with Crippen molar-refractivity contribution < 1.29 is 29.3 Å². The number of carbonyl (C=O) groups is 3. The highest BCUT2D eigenvalue weighted by molar-refractivity contribution is 7.10. The molecule has 9 nitrogen and oxygen atoms in total. The third-order valence-electron chi connectivity index (χ3n) is 5.63. The number of hydrogen-bond acceptors (Lipinski definition) is 10. The van der Waals surface area contributed by atoms with E-state index in [1.165, 1.54) is 39.3 Å². The van der Waals surface area contributed by atoms with Gasteiger partial charge >= 0.3 is 17.9 Å². The monoisotopic (exact) mass is 587 g/mol. The van der Waals surface area contributed by atoms with Crippen molar-refractivity contribution in [3.05, 3.63) is 66.2 Å². The first-order chi connectivity index (χ1) is 17.3. The Balaban J connectivity index is 0.000000193. The zero-order valence-corrected chi connectivity index (χ0v) is 23.3. The summed E-state index contributed by atoms with van der Waals surface area (Å²) in [6.07, 6.45) is 1.81. The largest absolute Gasteiger partial charge is 0.480 e. The van der Waals surface area contributed by atoms with Crippen LogP contribution in [-0.2, 0) is 51.5 Å². The van der Waals surface area contributed by atoms with E-state index in [4.69, 9.17) is 15.9 Å². The van der Waals surface area contributed by atoms with Crippen molar-refractivity contribution in [1.82, 2.24) is 10.6 Å². The highest BCUT2D eigenvalue weighted by atomic mass is 35.5. The van der Waals surface area contributed by atoms with Gasteiger partial charge in [0.25, 0.3) is 0 Å². The Bertz CT molecular complexity index is 1150. The van der Waals surface area contributed by atoms with Gasteiger partial charge in [-0.2, -0.15) is 0 Å². The molecule has 0 bridgehead atoms. The number of esters is 1. The summed E-state index contributed by atoms with van der Waals surface area (Å²) in [6.45, 7) is 1.47. The first-order valence-corrected chi connectivity index (χ1v) is 13.8. The first-order valence-electron chi connectivity index (χ1n) is 11.2. The van der Waals surface area contributed by atoms with Gasteiger partial charge < -0.3 is 20.7 Å². The number of ether oxygens (including phenoxy) is 1. The van der Waals surface area contributed by atoms with Crippen LogP contribution in [0.5, 0.6) is 0 Å². The van der Waals surface area contributed by atoms with E-state index in [0.717, 1.165) is 17.8 Å². The molecule has 2 aliphatic rings. The molecule has 202 valence electrons. The topological polar surface area (TPSA) is 151 Å². The molecule has 1 unspecified atom stereocenters. The Morgan fingerprint density at radius 3 is 2.03 bits per heavy atom. The van der Waals surface area contributed by atoms with Crippen molar-refractivity contribution in [2.75, 3.05) is 7.11 Å². The Labute approximate surface area is 233 Å². The van der Waals surface area contributed by atoms with Gasteiger partial charge in [0.15, 0.2) is 0 Å². The third-order valence-corrected chi connectivity index (χ3v) is 8.50. The van der Waals surface area contributed by atoms with Crippen LogP contribution in [0.15, 0.2) is 40.4 Å². The predicted octanol–water partition coefficient (Wildman–Crippen LogP) is 2.91. The fourth-order valence-corrected chi connectivity index (χ4v) is 6.27. The van der Waals surface area contributed by atoms with Gasteiger partial charge in [0.1, 0.15) is 18.1 Å². The molecule has 3 atom stereocenters. The number of carboxylic acid groups (broad SMARTS) is 2. The standard InChI is InChI=1S/C9H11NO2S.C8H9NO2S.C7H9NO2S.ClH/c1-12-9(11)7-4-8-6(5-10-7)2-3-13-8;10-8(11)6-3-7-5(4-9-6)1-2-12-7;8-6(7(9)10)4-5-2-1-3-11-5;/h2-3,7,10H,4-5H2,1H3;1-2,6,9H,3-4H2,(H,10,11);1-3,6H,4,8H2,(H,9,10);1H/t7-;6-;;/m00../s1. The second-order valence-electron chi connectivity index (χ2n) is 8.10. The highest BCUT2D eigenvalue weighted by Crippen LogP contribution is 2.23. The highest BCUT2D eigenvalue weighted by Gasteiger charge is 2.25. The molecule has 6 N–H and O–H groups in total. The number of thiophene rings is 3. The second-order valence-corrected chi connectivity index (χ2v) is 11.1. The number of hydrogen-bond donors (Lipinski definition) is 5. The van der Waals surface area contributed by atoms with Crippen LogP contribution in [0.4, 0.5) is 0 Å². The van der Waals surface area contributed by atoms with Crippen molar-refractivity contribution in [1.29, 1.82) is 0 Å². The van der Waals surface area contributed by atoms with Crippen LogP contribution >= 0.6 is 46.4 Å². The minimum atomic E-state index is -0.946. The Kier molecular flexibility index (Phi) is 12.7. The van der Waals surface area contributed by atoms with Crippen LogP contribution < -0.4 is 16.4 Å². The second kappa shape index (κ2) is 15.2. The maximum atomic E-state index is 11.2. The molecule has 37 heavy (non-hydrogen) atoms. The summed E-state index contributed by atoms with van der Waals surface area (Å²) in [5.41, 5.74) is 7.87. The van der Waals surface area contributed by atoms with Crippen LogP contribution in [0, 0.1) is 0 Å². The minimum absolute atomic E-state index is 0.